The van der Waals surface area contributed by atoms with Gasteiger partial charge in [-0.2, -0.15) is 0 Å². The van der Waals surface area contributed by atoms with Gasteiger partial charge in [0.15, 0.2) is 0 Å². The molecule has 0 radical (unpaired) electrons. The van der Waals surface area contributed by atoms with E-state index in [0.717, 1.165) is 5.92 Å². The van der Waals surface area contributed by atoms with Crippen LogP contribution in [0.5, 0.6) is 0 Å². The minimum absolute atomic E-state index is 0.737. The van der Waals surface area contributed by atoms with Gasteiger partial charge in [0.2, 0.25) is 0 Å². The molecule has 1 aliphatic rings. The summed E-state index contributed by atoms with van der Waals surface area (Å²) in [6.45, 7) is 0. The Kier molecular flexibility index (Phi) is 5.91. The normalized spacial score (nSPS) is 14.5. The fraction of sp³-hybridized carbons (Fsp3) is 0.171. The van der Waals surface area contributed by atoms with E-state index in [4.69, 9.17) is 0 Å². The number of benzene rings is 5. The third kappa shape index (κ3) is 4.10. The van der Waals surface area contributed by atoms with Crippen molar-refractivity contribution in [1.29, 1.82) is 0 Å². The Morgan fingerprint density at radius 2 is 1.30 bits per heavy atom. The Balaban J connectivity index is 1.40. The number of fused-ring (bicyclic) bond motifs is 3. The lowest BCUT2D eigenvalue weighted by Gasteiger charge is -2.22. The molecule has 1 aromatic heterocycles. The van der Waals surface area contributed by atoms with Crippen LogP contribution in [0, 0.1) is 0 Å². The molecular weight excluding hydrogens is 466 g/mol. The van der Waals surface area contributed by atoms with Crippen LogP contribution in [0.25, 0.3) is 43.4 Å². The Hall–Kier alpha value is -3.62. The lowest BCUT2D eigenvalue weighted by molar-refractivity contribution is 0.443. The summed E-state index contributed by atoms with van der Waals surface area (Å²) in [5, 5.41) is 7.58. The van der Waals surface area contributed by atoms with Crippen LogP contribution in [0.4, 0.5) is 0 Å². The van der Waals surface area contributed by atoms with Crippen molar-refractivity contribution >= 4 is 44.1 Å². The van der Waals surface area contributed by atoms with Gasteiger partial charge < -0.3 is 0 Å². The third-order valence-electron chi connectivity index (χ3n) is 8.01. The first-order valence-electron chi connectivity index (χ1n) is 13.4. The quantitative estimate of drug-likeness (QED) is 0.226. The van der Waals surface area contributed by atoms with E-state index in [1.54, 1.807) is 0 Å². The average molecular weight is 496 g/mol. The zero-order valence-corrected chi connectivity index (χ0v) is 21.7. The maximum Gasteiger partial charge on any atom is 0.0353 e. The second kappa shape index (κ2) is 9.68. The molecule has 0 N–H and O–H groups in total. The Morgan fingerprint density at radius 1 is 0.595 bits per heavy atom. The van der Waals surface area contributed by atoms with Gasteiger partial charge in [0.25, 0.3) is 0 Å². The second-order valence-corrected chi connectivity index (χ2v) is 11.3. The topological polar surface area (TPSA) is 12.9 Å². The van der Waals surface area contributed by atoms with Crippen LogP contribution in [-0.4, -0.2) is 4.98 Å². The molecule has 0 aliphatic heterocycles. The minimum atomic E-state index is 0.737. The highest BCUT2D eigenvalue weighted by molar-refractivity contribution is 7.99. The molecule has 0 saturated heterocycles. The Labute approximate surface area is 222 Å². The molecule has 180 valence electrons. The van der Waals surface area contributed by atoms with Crippen LogP contribution < -0.4 is 0 Å². The molecule has 0 bridgehead atoms. The molecule has 2 heteroatoms. The summed E-state index contributed by atoms with van der Waals surface area (Å²) in [5.41, 5.74) is 4.04. The van der Waals surface area contributed by atoms with Crippen LogP contribution in [0.3, 0.4) is 0 Å². The first-order chi connectivity index (χ1) is 18.4. The molecule has 37 heavy (non-hydrogen) atoms. The number of pyridine rings is 1. The highest BCUT2D eigenvalue weighted by Crippen LogP contribution is 2.46. The number of hydrogen-bond acceptors (Lipinski definition) is 2. The highest BCUT2D eigenvalue weighted by atomic mass is 32.2. The molecule has 0 unspecified atom stereocenters. The summed E-state index contributed by atoms with van der Waals surface area (Å²) < 4.78 is 0. The molecule has 7 rings (SSSR count). The van der Waals surface area contributed by atoms with E-state index in [1.165, 1.54) is 90.9 Å². The summed E-state index contributed by atoms with van der Waals surface area (Å²) in [6, 6.07) is 35.8. The van der Waals surface area contributed by atoms with Gasteiger partial charge in [0, 0.05) is 27.6 Å². The zero-order valence-electron chi connectivity index (χ0n) is 20.9. The molecule has 1 saturated carbocycles. The van der Waals surface area contributed by atoms with Gasteiger partial charge in [-0.3, -0.25) is 4.98 Å². The van der Waals surface area contributed by atoms with Crippen LogP contribution in [0.1, 0.15) is 43.6 Å². The molecule has 0 amide bonds. The number of hydrogen-bond donors (Lipinski definition) is 0. The summed E-state index contributed by atoms with van der Waals surface area (Å²) in [4.78, 5) is 7.19. The van der Waals surface area contributed by atoms with Gasteiger partial charge in [-0.1, -0.05) is 110 Å². The Bertz CT molecular complexity index is 1670. The first kappa shape index (κ1) is 22.6. The van der Waals surface area contributed by atoms with Gasteiger partial charge in [-0.05, 0) is 80.6 Å². The van der Waals surface area contributed by atoms with E-state index >= 15 is 0 Å². The van der Waals surface area contributed by atoms with Crippen molar-refractivity contribution in [3.63, 3.8) is 0 Å². The minimum Gasteiger partial charge on any atom is -0.264 e. The smallest absolute Gasteiger partial charge is 0.0353 e. The monoisotopic (exact) mass is 495 g/mol. The molecule has 1 nitrogen and oxygen atoms in total. The van der Waals surface area contributed by atoms with E-state index in [2.05, 4.69) is 108 Å². The lowest BCUT2D eigenvalue weighted by atomic mass is 9.84. The number of aromatic nitrogens is 1. The van der Waals surface area contributed by atoms with E-state index in [0.29, 0.717) is 0 Å². The molecular formula is C35H29NS. The van der Waals surface area contributed by atoms with E-state index in [1.807, 2.05) is 18.0 Å². The van der Waals surface area contributed by atoms with Crippen LogP contribution in [0.2, 0.25) is 0 Å². The van der Waals surface area contributed by atoms with Gasteiger partial charge in [-0.15, -0.1) is 0 Å². The molecule has 5 aromatic carbocycles. The molecule has 1 heterocycles. The van der Waals surface area contributed by atoms with Gasteiger partial charge in [0.05, 0.1) is 0 Å². The fourth-order valence-electron chi connectivity index (χ4n) is 6.19. The van der Waals surface area contributed by atoms with Crippen molar-refractivity contribution in [2.24, 2.45) is 0 Å². The summed E-state index contributed by atoms with van der Waals surface area (Å²) in [5.74, 6) is 0.737. The summed E-state index contributed by atoms with van der Waals surface area (Å²) in [6.07, 6.45) is 10.8. The standard InChI is InChI=1S/C35H29NS/c1-2-9-24(10-3-1)25-17-19-27(20-18-25)37-35-31-15-7-6-14-30(31)34(33-23-36-22-21-32(33)35)29-16-8-12-26-11-4-5-13-28(26)29/h4-8,11-24H,1-3,9-10H2. The van der Waals surface area contributed by atoms with Crippen LogP contribution in [0.15, 0.2) is 119 Å². The fourth-order valence-corrected chi connectivity index (χ4v) is 7.27. The van der Waals surface area contributed by atoms with Crippen LogP contribution in [-0.2, 0) is 0 Å². The average Bonchev–Trinajstić information content (AvgIpc) is 2.98. The second-order valence-electron chi connectivity index (χ2n) is 10.2. The predicted octanol–water partition coefficient (Wildman–Crippen LogP) is 10.4. The molecule has 0 spiro atoms. The van der Waals surface area contributed by atoms with Crippen molar-refractivity contribution < 1.29 is 0 Å². The zero-order chi connectivity index (χ0) is 24.6. The van der Waals surface area contributed by atoms with Gasteiger partial charge >= 0.3 is 0 Å². The van der Waals surface area contributed by atoms with Crippen molar-refractivity contribution in [3.8, 4) is 11.1 Å². The van der Waals surface area contributed by atoms with Crippen LogP contribution >= 0.6 is 11.8 Å². The molecule has 1 fully saturated rings. The largest absolute Gasteiger partial charge is 0.264 e. The molecule has 6 aromatic rings. The predicted molar refractivity (Wildman–Crippen MR) is 159 cm³/mol. The molecule has 1 aliphatic carbocycles. The summed E-state index contributed by atoms with van der Waals surface area (Å²) in [7, 11) is 0. The third-order valence-corrected chi connectivity index (χ3v) is 9.16. The maximum atomic E-state index is 4.59. The van der Waals surface area contributed by atoms with E-state index in [9.17, 15) is 0 Å². The van der Waals surface area contributed by atoms with Gasteiger partial charge in [-0.25, -0.2) is 0 Å². The van der Waals surface area contributed by atoms with Crippen molar-refractivity contribution in [1.82, 2.24) is 4.98 Å². The van der Waals surface area contributed by atoms with E-state index < -0.39 is 0 Å². The number of rotatable bonds is 4. The first-order valence-corrected chi connectivity index (χ1v) is 14.2. The summed E-state index contributed by atoms with van der Waals surface area (Å²) >= 11 is 1.88. The lowest BCUT2D eigenvalue weighted by Crippen LogP contribution is -2.04. The van der Waals surface area contributed by atoms with Crippen molar-refractivity contribution in [2.75, 3.05) is 0 Å². The van der Waals surface area contributed by atoms with Gasteiger partial charge in [0.1, 0.15) is 0 Å². The number of nitrogens with zero attached hydrogens (tertiary/aromatic N) is 1. The van der Waals surface area contributed by atoms with E-state index in [-0.39, 0.29) is 0 Å². The Morgan fingerprint density at radius 3 is 2.14 bits per heavy atom. The van der Waals surface area contributed by atoms with Crippen molar-refractivity contribution in [2.45, 2.75) is 47.8 Å². The SMILES string of the molecule is c1ccc2c(-c3c4ccccc4c(Sc4ccc(C5CCCCC5)cc4)c4ccncc34)cccc2c1. The molecule has 0 atom stereocenters. The maximum absolute atomic E-state index is 4.59. The van der Waals surface area contributed by atoms with Crippen molar-refractivity contribution in [3.05, 3.63) is 115 Å². The highest BCUT2D eigenvalue weighted by Gasteiger charge is 2.19.